The van der Waals surface area contributed by atoms with E-state index in [1.807, 2.05) is 0 Å². The highest BCUT2D eigenvalue weighted by molar-refractivity contribution is 6.30. The number of carbonyl (C=O) groups excluding carboxylic acids is 2. The van der Waals surface area contributed by atoms with Crippen molar-refractivity contribution in [3.05, 3.63) is 23.4 Å². The van der Waals surface area contributed by atoms with E-state index in [0.717, 1.165) is 38.8 Å². The zero-order valence-electron chi connectivity index (χ0n) is 17.2. The summed E-state index contributed by atoms with van der Waals surface area (Å²) < 4.78 is 0. The van der Waals surface area contributed by atoms with Gasteiger partial charge in [-0.1, -0.05) is 30.9 Å². The second-order valence-corrected chi connectivity index (χ2v) is 8.28. The number of likely N-dealkylation sites (tertiary alicyclic amines) is 1. The molecule has 8 nitrogen and oxygen atoms in total. The molecule has 1 aliphatic heterocycles. The fraction of sp³-hybridized carbons (Fsp3) is 0.619. The first-order valence-corrected chi connectivity index (χ1v) is 10.9. The van der Waals surface area contributed by atoms with Crippen molar-refractivity contribution < 1.29 is 19.5 Å². The number of halogens is 1. The number of piperidine rings is 1. The maximum atomic E-state index is 12.3. The van der Waals surface area contributed by atoms with Crippen molar-refractivity contribution in [3.63, 3.8) is 0 Å². The van der Waals surface area contributed by atoms with E-state index in [0.29, 0.717) is 29.8 Å². The van der Waals surface area contributed by atoms with Gasteiger partial charge < -0.3 is 15.7 Å². The summed E-state index contributed by atoms with van der Waals surface area (Å²) >= 11 is 5.81. The summed E-state index contributed by atoms with van der Waals surface area (Å²) in [6.07, 6.45) is 9.33. The summed E-state index contributed by atoms with van der Waals surface area (Å²) in [5.74, 6) is 1.27. The Kier molecular flexibility index (Phi) is 10.6. The van der Waals surface area contributed by atoms with Crippen LogP contribution in [-0.2, 0) is 14.4 Å². The molecule has 2 amide bonds. The number of amides is 2. The molecular weight excluding hydrogens is 408 g/mol. The summed E-state index contributed by atoms with van der Waals surface area (Å²) in [6, 6.07) is 3.40. The van der Waals surface area contributed by atoms with E-state index < -0.39 is 0 Å². The van der Waals surface area contributed by atoms with Gasteiger partial charge in [0.1, 0.15) is 5.82 Å². The number of hydrogen-bond acceptors (Lipinski definition) is 5. The predicted molar refractivity (Wildman–Crippen MR) is 115 cm³/mol. The van der Waals surface area contributed by atoms with Crippen LogP contribution in [-0.4, -0.2) is 59.5 Å². The van der Waals surface area contributed by atoms with Crippen molar-refractivity contribution >= 4 is 35.7 Å². The summed E-state index contributed by atoms with van der Waals surface area (Å²) in [5.41, 5.74) is 0. The van der Waals surface area contributed by atoms with Gasteiger partial charge in [0.2, 0.25) is 11.8 Å². The highest BCUT2D eigenvalue weighted by atomic mass is 35.5. The van der Waals surface area contributed by atoms with Gasteiger partial charge in [0.05, 0.1) is 11.6 Å². The Morgan fingerprint density at radius 2 is 1.93 bits per heavy atom. The number of carbonyl (C=O) groups is 3. The molecule has 2 fully saturated rings. The average Bonchev–Trinajstić information content (AvgIpc) is 2.75. The van der Waals surface area contributed by atoms with Crippen LogP contribution in [0.5, 0.6) is 0 Å². The van der Waals surface area contributed by atoms with Gasteiger partial charge in [-0.15, -0.1) is 0 Å². The smallest absolute Gasteiger partial charge is 0.290 e. The van der Waals surface area contributed by atoms with Gasteiger partial charge in [0.25, 0.3) is 6.47 Å². The van der Waals surface area contributed by atoms with E-state index in [2.05, 4.69) is 20.5 Å². The lowest BCUT2D eigenvalue weighted by Crippen LogP contribution is -2.44. The normalized spacial score (nSPS) is 19.8. The van der Waals surface area contributed by atoms with Crippen LogP contribution in [0.4, 0.5) is 5.82 Å². The van der Waals surface area contributed by atoms with E-state index in [1.165, 1.54) is 25.5 Å². The minimum absolute atomic E-state index is 0.0725. The number of nitrogens with zero attached hydrogens (tertiary/aromatic N) is 2. The maximum Gasteiger partial charge on any atom is 0.290 e. The fourth-order valence-corrected chi connectivity index (χ4v) is 4.16. The van der Waals surface area contributed by atoms with Crippen molar-refractivity contribution in [3.8, 4) is 0 Å². The molecule has 2 heterocycles. The Bertz CT molecular complexity index is 680. The monoisotopic (exact) mass is 438 g/mol. The topological polar surface area (TPSA) is 112 Å². The molecule has 9 heteroatoms. The molecule has 1 aromatic heterocycles. The number of pyridine rings is 1. The third kappa shape index (κ3) is 8.67. The van der Waals surface area contributed by atoms with Gasteiger partial charge in [-0.2, -0.15) is 0 Å². The highest BCUT2D eigenvalue weighted by Gasteiger charge is 2.25. The number of carboxylic acid groups (broad SMARTS) is 1. The Morgan fingerprint density at radius 3 is 2.60 bits per heavy atom. The zero-order chi connectivity index (χ0) is 21.8. The standard InChI is InChI=1S/C20H29ClN4O2.CH2O2/c21-17-8-9-18(22-12-17)24-19(26)14-25-10-4-5-15(13-25)11-23-20(27)16-6-2-1-3-7-16;2-1-3/h8-9,12,15-16H,1-7,10-11,13-14H2,(H,23,27)(H,22,24,26);1H,(H,2,3). The molecule has 3 rings (SSSR count). The second kappa shape index (κ2) is 13.2. The SMILES string of the molecule is O=C(CN1CCCC(CNC(=O)C2CCCCC2)C1)Nc1ccc(Cl)cn1.O=CO. The second-order valence-electron chi connectivity index (χ2n) is 7.84. The largest absolute Gasteiger partial charge is 0.483 e. The van der Waals surface area contributed by atoms with E-state index in [4.69, 9.17) is 21.5 Å². The minimum Gasteiger partial charge on any atom is -0.483 e. The number of rotatable bonds is 6. The molecule has 1 aromatic rings. The molecule has 3 N–H and O–H groups in total. The lowest BCUT2D eigenvalue weighted by molar-refractivity contribution is -0.126. The van der Waals surface area contributed by atoms with Crippen molar-refractivity contribution in [2.75, 3.05) is 31.5 Å². The van der Waals surface area contributed by atoms with Gasteiger partial charge in [-0.3, -0.25) is 19.3 Å². The summed E-state index contributed by atoms with van der Waals surface area (Å²) in [4.78, 5) is 39.2. The molecule has 1 atom stereocenters. The average molecular weight is 439 g/mol. The summed E-state index contributed by atoms with van der Waals surface area (Å²) in [6.45, 7) is 2.56. The molecule has 1 saturated heterocycles. The van der Waals surface area contributed by atoms with E-state index >= 15 is 0 Å². The lowest BCUT2D eigenvalue weighted by Gasteiger charge is -2.32. The van der Waals surface area contributed by atoms with Crippen LogP contribution >= 0.6 is 11.6 Å². The van der Waals surface area contributed by atoms with E-state index in [1.54, 1.807) is 12.1 Å². The quantitative estimate of drug-likeness (QED) is 0.589. The van der Waals surface area contributed by atoms with Gasteiger partial charge in [0.15, 0.2) is 0 Å². The van der Waals surface area contributed by atoms with E-state index in [9.17, 15) is 9.59 Å². The molecule has 0 aromatic carbocycles. The number of aromatic nitrogens is 1. The van der Waals surface area contributed by atoms with Crippen LogP contribution in [0.1, 0.15) is 44.9 Å². The van der Waals surface area contributed by atoms with Gasteiger partial charge in [-0.25, -0.2) is 4.98 Å². The first-order valence-electron chi connectivity index (χ1n) is 10.5. The third-order valence-corrected chi connectivity index (χ3v) is 5.73. The first-order chi connectivity index (χ1) is 14.5. The zero-order valence-corrected chi connectivity index (χ0v) is 17.9. The van der Waals surface area contributed by atoms with Crippen molar-refractivity contribution in [2.45, 2.75) is 44.9 Å². The molecule has 30 heavy (non-hydrogen) atoms. The predicted octanol–water partition coefficient (Wildman–Crippen LogP) is 2.78. The molecule has 1 saturated carbocycles. The molecule has 0 radical (unpaired) electrons. The maximum absolute atomic E-state index is 12.3. The Morgan fingerprint density at radius 1 is 1.20 bits per heavy atom. The third-order valence-electron chi connectivity index (χ3n) is 5.51. The van der Waals surface area contributed by atoms with Crippen LogP contribution in [0.25, 0.3) is 0 Å². The number of nitrogens with one attached hydrogen (secondary N) is 2. The van der Waals surface area contributed by atoms with Crippen LogP contribution in [0.15, 0.2) is 18.3 Å². The van der Waals surface area contributed by atoms with Crippen LogP contribution in [0.2, 0.25) is 5.02 Å². The summed E-state index contributed by atoms with van der Waals surface area (Å²) in [7, 11) is 0. The van der Waals surface area contributed by atoms with Crippen molar-refractivity contribution in [1.29, 1.82) is 0 Å². The molecule has 0 spiro atoms. The minimum atomic E-state index is -0.250. The molecule has 166 valence electrons. The molecule has 1 aliphatic carbocycles. The Labute approximate surface area is 182 Å². The van der Waals surface area contributed by atoms with Gasteiger partial charge >= 0.3 is 0 Å². The number of hydrogen-bond donors (Lipinski definition) is 3. The molecule has 1 unspecified atom stereocenters. The van der Waals surface area contributed by atoms with E-state index in [-0.39, 0.29) is 24.2 Å². The Hall–Kier alpha value is -2.19. The van der Waals surface area contributed by atoms with Crippen LogP contribution < -0.4 is 10.6 Å². The lowest BCUT2D eigenvalue weighted by atomic mass is 9.88. The van der Waals surface area contributed by atoms with Crippen molar-refractivity contribution in [2.24, 2.45) is 11.8 Å². The first kappa shape index (κ1) is 24.1. The fourth-order valence-electron chi connectivity index (χ4n) is 4.05. The van der Waals surface area contributed by atoms with Crippen molar-refractivity contribution in [1.82, 2.24) is 15.2 Å². The van der Waals surface area contributed by atoms with Gasteiger partial charge in [-0.05, 0) is 50.3 Å². The van der Waals surface area contributed by atoms with Gasteiger partial charge in [0, 0.05) is 25.2 Å². The highest BCUT2D eigenvalue weighted by Crippen LogP contribution is 2.24. The molecule has 0 bridgehead atoms. The summed E-state index contributed by atoms with van der Waals surface area (Å²) in [5, 5.41) is 13.4. The van der Waals surface area contributed by atoms with Crippen LogP contribution in [0.3, 0.4) is 0 Å². The number of anilines is 1. The molecule has 2 aliphatic rings. The Balaban J connectivity index is 0.00000101. The molecular formula is C21H31ClN4O4. The van der Waals surface area contributed by atoms with Crippen LogP contribution in [0, 0.1) is 11.8 Å².